The van der Waals surface area contributed by atoms with E-state index in [4.69, 9.17) is 0 Å². The van der Waals surface area contributed by atoms with Gasteiger partial charge in [0.25, 0.3) is 0 Å². The summed E-state index contributed by atoms with van der Waals surface area (Å²) in [6.07, 6.45) is 3.72. The lowest BCUT2D eigenvalue weighted by Gasteiger charge is -2.23. The number of fused-ring (bicyclic) bond motifs is 1. The van der Waals surface area contributed by atoms with Crippen LogP contribution in [0.2, 0.25) is 0 Å². The lowest BCUT2D eigenvalue weighted by Crippen LogP contribution is -2.26. The zero-order chi connectivity index (χ0) is 10.9. The third kappa shape index (κ3) is 2.27. The average Bonchev–Trinajstić information content (AvgIpc) is 2.16. The summed E-state index contributed by atoms with van der Waals surface area (Å²) in [5.41, 5.74) is 1.25. The lowest BCUT2D eigenvalue weighted by atomic mass is 10.1. The van der Waals surface area contributed by atoms with Crippen molar-refractivity contribution in [2.75, 3.05) is 5.32 Å². The smallest absolute Gasteiger partial charge is 0.0424 e. The Morgan fingerprint density at radius 2 is 1.93 bits per heavy atom. The molecule has 1 aromatic heterocycles. The predicted molar refractivity (Wildman–Crippen MR) is 65.1 cm³/mol. The van der Waals surface area contributed by atoms with Gasteiger partial charge in [-0.15, -0.1) is 0 Å². The van der Waals surface area contributed by atoms with Crippen molar-refractivity contribution in [1.29, 1.82) is 0 Å². The molecular weight excluding hydrogens is 184 g/mol. The summed E-state index contributed by atoms with van der Waals surface area (Å²) < 4.78 is 0. The Hall–Kier alpha value is -1.57. The second-order valence-corrected chi connectivity index (χ2v) is 4.78. The molecule has 0 radical (unpaired) electrons. The first-order chi connectivity index (χ1) is 7.06. The van der Waals surface area contributed by atoms with Crippen molar-refractivity contribution in [2.24, 2.45) is 0 Å². The molecular formula is C13H16N2. The second kappa shape index (κ2) is 3.54. The third-order valence-electron chi connectivity index (χ3n) is 2.19. The van der Waals surface area contributed by atoms with Gasteiger partial charge in [-0.2, -0.15) is 0 Å². The largest absolute Gasteiger partial charge is 0.380 e. The van der Waals surface area contributed by atoms with Gasteiger partial charge in [0.15, 0.2) is 0 Å². The van der Waals surface area contributed by atoms with Crippen molar-refractivity contribution >= 4 is 16.5 Å². The van der Waals surface area contributed by atoms with E-state index in [-0.39, 0.29) is 5.54 Å². The van der Waals surface area contributed by atoms with Gasteiger partial charge < -0.3 is 5.32 Å². The number of nitrogens with one attached hydrogen (secondary N) is 1. The van der Waals surface area contributed by atoms with Gasteiger partial charge in [-0.1, -0.05) is 12.1 Å². The van der Waals surface area contributed by atoms with Crippen LogP contribution in [0, 0.1) is 0 Å². The van der Waals surface area contributed by atoms with Crippen LogP contribution in [0.5, 0.6) is 0 Å². The molecule has 0 atom stereocenters. The topological polar surface area (TPSA) is 24.9 Å². The molecule has 0 saturated heterocycles. The summed E-state index contributed by atoms with van der Waals surface area (Å²) in [6, 6.07) is 8.28. The van der Waals surface area contributed by atoms with E-state index in [1.54, 1.807) is 0 Å². The standard InChI is InChI=1S/C13H16N2/c1-13(2,3)15-12-6-4-5-10-9-14-8-7-11(10)12/h4-9,15H,1-3H3. The minimum atomic E-state index is 0.0809. The van der Waals surface area contributed by atoms with E-state index in [0.717, 1.165) is 0 Å². The number of hydrogen-bond donors (Lipinski definition) is 1. The lowest BCUT2D eigenvalue weighted by molar-refractivity contribution is 0.635. The molecule has 2 aromatic rings. The van der Waals surface area contributed by atoms with Crippen molar-refractivity contribution < 1.29 is 0 Å². The van der Waals surface area contributed by atoms with Crippen LogP contribution in [0.1, 0.15) is 20.8 Å². The van der Waals surface area contributed by atoms with Crippen LogP contribution in [0.25, 0.3) is 10.8 Å². The first kappa shape index (κ1) is 9.97. The van der Waals surface area contributed by atoms with Crippen LogP contribution < -0.4 is 5.32 Å². The molecule has 0 amide bonds. The van der Waals surface area contributed by atoms with E-state index in [0.29, 0.717) is 0 Å². The summed E-state index contributed by atoms with van der Waals surface area (Å²) in [4.78, 5) is 4.12. The van der Waals surface area contributed by atoms with Crippen molar-refractivity contribution in [2.45, 2.75) is 26.3 Å². The number of rotatable bonds is 1. The molecule has 2 nitrogen and oxygen atoms in total. The van der Waals surface area contributed by atoms with Gasteiger partial charge in [0.05, 0.1) is 0 Å². The highest BCUT2D eigenvalue weighted by molar-refractivity contribution is 5.93. The summed E-state index contributed by atoms with van der Waals surface area (Å²) >= 11 is 0. The zero-order valence-electron chi connectivity index (χ0n) is 9.41. The van der Waals surface area contributed by atoms with E-state index >= 15 is 0 Å². The second-order valence-electron chi connectivity index (χ2n) is 4.78. The Labute approximate surface area is 90.3 Å². The molecule has 0 spiro atoms. The van der Waals surface area contributed by atoms with Gasteiger partial charge in [-0.25, -0.2) is 0 Å². The predicted octanol–water partition coefficient (Wildman–Crippen LogP) is 3.45. The first-order valence-corrected chi connectivity index (χ1v) is 5.17. The van der Waals surface area contributed by atoms with Crippen molar-refractivity contribution in [1.82, 2.24) is 4.98 Å². The fraction of sp³-hybridized carbons (Fsp3) is 0.308. The summed E-state index contributed by atoms with van der Waals surface area (Å²) in [5.74, 6) is 0. The maximum Gasteiger partial charge on any atom is 0.0424 e. The maximum atomic E-state index is 4.12. The first-order valence-electron chi connectivity index (χ1n) is 5.17. The number of benzene rings is 1. The molecule has 1 aromatic carbocycles. The molecule has 78 valence electrons. The molecule has 15 heavy (non-hydrogen) atoms. The van der Waals surface area contributed by atoms with Crippen LogP contribution in [0.15, 0.2) is 36.7 Å². The van der Waals surface area contributed by atoms with E-state index in [2.05, 4.69) is 49.3 Å². The molecule has 0 aliphatic heterocycles. The Balaban J connectivity index is 2.52. The van der Waals surface area contributed by atoms with E-state index in [1.165, 1.54) is 16.5 Å². The Bertz CT molecular complexity index is 464. The summed E-state index contributed by atoms with van der Waals surface area (Å²) in [6.45, 7) is 6.48. The van der Waals surface area contributed by atoms with Crippen molar-refractivity contribution in [3.05, 3.63) is 36.7 Å². The van der Waals surface area contributed by atoms with Gasteiger partial charge in [-0.05, 0) is 32.9 Å². The van der Waals surface area contributed by atoms with Crippen LogP contribution in [0.3, 0.4) is 0 Å². The van der Waals surface area contributed by atoms with Gasteiger partial charge in [0.1, 0.15) is 0 Å². The zero-order valence-corrected chi connectivity index (χ0v) is 9.41. The molecule has 0 fully saturated rings. The normalized spacial score (nSPS) is 11.7. The Kier molecular flexibility index (Phi) is 2.35. The van der Waals surface area contributed by atoms with Crippen LogP contribution in [-0.4, -0.2) is 10.5 Å². The fourth-order valence-electron chi connectivity index (χ4n) is 1.64. The number of nitrogens with zero attached hydrogens (tertiary/aromatic N) is 1. The number of hydrogen-bond acceptors (Lipinski definition) is 2. The number of pyridine rings is 1. The highest BCUT2D eigenvalue weighted by Crippen LogP contribution is 2.24. The van der Waals surface area contributed by atoms with E-state index in [1.807, 2.05) is 18.5 Å². The highest BCUT2D eigenvalue weighted by atomic mass is 14.9. The Morgan fingerprint density at radius 3 is 2.67 bits per heavy atom. The quantitative estimate of drug-likeness (QED) is 0.762. The summed E-state index contributed by atoms with van der Waals surface area (Å²) in [5, 5.41) is 5.89. The summed E-state index contributed by atoms with van der Waals surface area (Å²) in [7, 11) is 0. The molecule has 2 heteroatoms. The number of anilines is 1. The maximum absolute atomic E-state index is 4.12. The molecule has 0 unspecified atom stereocenters. The minimum absolute atomic E-state index is 0.0809. The van der Waals surface area contributed by atoms with Gasteiger partial charge in [-0.3, -0.25) is 4.98 Å². The van der Waals surface area contributed by atoms with E-state index in [9.17, 15) is 0 Å². The monoisotopic (exact) mass is 200 g/mol. The SMILES string of the molecule is CC(C)(C)Nc1cccc2cnccc12. The highest BCUT2D eigenvalue weighted by Gasteiger charge is 2.10. The molecule has 0 aliphatic rings. The van der Waals surface area contributed by atoms with Crippen LogP contribution >= 0.6 is 0 Å². The molecule has 1 N–H and O–H groups in total. The van der Waals surface area contributed by atoms with Gasteiger partial charge >= 0.3 is 0 Å². The van der Waals surface area contributed by atoms with Crippen molar-refractivity contribution in [3.8, 4) is 0 Å². The van der Waals surface area contributed by atoms with Gasteiger partial charge in [0, 0.05) is 34.4 Å². The average molecular weight is 200 g/mol. The van der Waals surface area contributed by atoms with Crippen LogP contribution in [0.4, 0.5) is 5.69 Å². The molecule has 2 rings (SSSR count). The van der Waals surface area contributed by atoms with Crippen LogP contribution in [-0.2, 0) is 0 Å². The van der Waals surface area contributed by atoms with Crippen molar-refractivity contribution in [3.63, 3.8) is 0 Å². The van der Waals surface area contributed by atoms with E-state index < -0.39 is 0 Å². The third-order valence-corrected chi connectivity index (χ3v) is 2.19. The van der Waals surface area contributed by atoms with Gasteiger partial charge in [0.2, 0.25) is 0 Å². The number of aromatic nitrogens is 1. The minimum Gasteiger partial charge on any atom is -0.380 e. The fourth-order valence-corrected chi connectivity index (χ4v) is 1.64. The molecule has 0 bridgehead atoms. The molecule has 1 heterocycles. The Morgan fingerprint density at radius 1 is 1.13 bits per heavy atom. The molecule has 0 saturated carbocycles. The molecule has 0 aliphatic carbocycles.